The lowest BCUT2D eigenvalue weighted by atomic mass is 9.94. The first-order valence-corrected chi connectivity index (χ1v) is 10.4. The highest BCUT2D eigenvalue weighted by Crippen LogP contribution is 2.42. The van der Waals surface area contributed by atoms with Gasteiger partial charge in [0.25, 0.3) is 5.69 Å². The van der Waals surface area contributed by atoms with Crippen molar-refractivity contribution in [3.05, 3.63) is 88.0 Å². The molecule has 2 aromatic carbocycles. The van der Waals surface area contributed by atoms with Gasteiger partial charge in [0.2, 0.25) is 0 Å². The number of imidazole rings is 1. The van der Waals surface area contributed by atoms with Gasteiger partial charge in [0.15, 0.2) is 0 Å². The van der Waals surface area contributed by atoms with Crippen molar-refractivity contribution < 1.29 is 9.76 Å². The summed E-state index contributed by atoms with van der Waals surface area (Å²) in [5, 5.41) is 13.4. The molecule has 150 valence electrons. The maximum Gasteiger partial charge on any atom is 0.269 e. The molecule has 0 saturated carbocycles. The fourth-order valence-corrected chi connectivity index (χ4v) is 4.66. The van der Waals surface area contributed by atoms with Crippen LogP contribution in [-0.2, 0) is 10.5 Å². The Morgan fingerprint density at radius 3 is 2.62 bits per heavy atom. The van der Waals surface area contributed by atoms with Crippen LogP contribution in [0.25, 0.3) is 0 Å². The average molecular weight is 431 g/mol. The monoisotopic (exact) mass is 430 g/mol. The second kappa shape index (κ2) is 8.16. The Hall–Kier alpha value is -2.39. The number of halogens is 1. The molecule has 2 heterocycles. The zero-order valence-corrected chi connectivity index (χ0v) is 17.2. The van der Waals surface area contributed by atoms with E-state index in [4.69, 9.17) is 16.4 Å². The van der Waals surface area contributed by atoms with Crippen LogP contribution in [0.3, 0.4) is 0 Å². The van der Waals surface area contributed by atoms with Crippen molar-refractivity contribution in [1.29, 1.82) is 0 Å². The molecule has 0 aliphatic carbocycles. The minimum Gasteiger partial charge on any atom is -0.312 e. The van der Waals surface area contributed by atoms with Gasteiger partial charge in [0.05, 0.1) is 17.4 Å². The van der Waals surface area contributed by atoms with Gasteiger partial charge in [0.1, 0.15) is 5.66 Å². The summed E-state index contributed by atoms with van der Waals surface area (Å²) in [5.41, 5.74) is 0.625. The third kappa shape index (κ3) is 3.89. The molecule has 2 atom stereocenters. The molecule has 29 heavy (non-hydrogen) atoms. The van der Waals surface area contributed by atoms with Gasteiger partial charge < -0.3 is 4.57 Å². The van der Waals surface area contributed by atoms with Crippen molar-refractivity contribution in [2.75, 3.05) is 12.8 Å². The van der Waals surface area contributed by atoms with Crippen LogP contribution >= 0.6 is 23.4 Å². The molecule has 3 aromatic rings. The standard InChI is InChI=1S/C20H19ClN4O3S/c1-23-20(24-11-10-22-14-24,15-2-4-16(21)5-3-15)12-18(28-23)13-29-19-8-6-17(7-9-19)25(26)27/h2-11,14,18H,12-13H2,1H3/t18-,20+/m0/s1. The highest BCUT2D eigenvalue weighted by Gasteiger charge is 2.48. The molecule has 7 nitrogen and oxygen atoms in total. The lowest BCUT2D eigenvalue weighted by Crippen LogP contribution is -2.44. The maximum absolute atomic E-state index is 10.8. The molecule has 0 bridgehead atoms. The molecule has 1 aromatic heterocycles. The van der Waals surface area contributed by atoms with E-state index in [0.29, 0.717) is 10.8 Å². The van der Waals surface area contributed by atoms with Gasteiger partial charge in [-0.3, -0.25) is 15.0 Å². The number of hydrogen-bond donors (Lipinski definition) is 0. The molecule has 1 aliphatic rings. The van der Waals surface area contributed by atoms with Crippen LogP contribution in [0.5, 0.6) is 0 Å². The second-order valence-corrected chi connectivity index (χ2v) is 8.31. The fourth-order valence-electron chi connectivity index (χ4n) is 3.65. The number of aromatic nitrogens is 2. The lowest BCUT2D eigenvalue weighted by Gasteiger charge is -2.35. The largest absolute Gasteiger partial charge is 0.312 e. The summed E-state index contributed by atoms with van der Waals surface area (Å²) in [6.45, 7) is 0. The molecule has 0 spiro atoms. The Bertz CT molecular complexity index is 982. The summed E-state index contributed by atoms with van der Waals surface area (Å²) in [6, 6.07) is 14.3. The predicted molar refractivity (Wildman–Crippen MR) is 112 cm³/mol. The molecule has 0 amide bonds. The first-order chi connectivity index (χ1) is 14.0. The van der Waals surface area contributed by atoms with Gasteiger partial charge >= 0.3 is 0 Å². The number of hydroxylamine groups is 2. The Balaban J connectivity index is 1.54. The van der Waals surface area contributed by atoms with Crippen LogP contribution in [0.2, 0.25) is 5.02 Å². The Morgan fingerprint density at radius 1 is 1.28 bits per heavy atom. The van der Waals surface area contributed by atoms with Crippen LogP contribution in [0.15, 0.2) is 72.1 Å². The fraction of sp³-hybridized carbons (Fsp3) is 0.250. The highest BCUT2D eigenvalue weighted by molar-refractivity contribution is 7.99. The average Bonchev–Trinajstić information content (AvgIpc) is 3.36. The highest BCUT2D eigenvalue weighted by atomic mass is 35.5. The van der Waals surface area contributed by atoms with Crippen molar-refractivity contribution in [1.82, 2.24) is 14.6 Å². The minimum atomic E-state index is -0.526. The topological polar surface area (TPSA) is 73.4 Å². The van der Waals surface area contributed by atoms with E-state index in [1.165, 1.54) is 12.1 Å². The number of hydrogen-bond acceptors (Lipinski definition) is 6. The van der Waals surface area contributed by atoms with Crippen LogP contribution < -0.4 is 0 Å². The molecule has 1 saturated heterocycles. The summed E-state index contributed by atoms with van der Waals surface area (Å²) >= 11 is 7.71. The molecule has 1 aliphatic heterocycles. The molecule has 0 N–H and O–H groups in total. The van der Waals surface area contributed by atoms with Gasteiger partial charge in [0, 0.05) is 53.7 Å². The van der Waals surface area contributed by atoms with Crippen LogP contribution in [-0.4, -0.2) is 38.4 Å². The molecule has 0 unspecified atom stereocenters. The zero-order chi connectivity index (χ0) is 20.4. The summed E-state index contributed by atoms with van der Waals surface area (Å²) in [7, 11) is 1.92. The van der Waals surface area contributed by atoms with E-state index in [9.17, 15) is 10.1 Å². The number of thioether (sulfide) groups is 1. The first kappa shape index (κ1) is 19.9. The summed E-state index contributed by atoms with van der Waals surface area (Å²) in [5.74, 6) is 0.714. The second-order valence-electron chi connectivity index (χ2n) is 6.78. The summed E-state index contributed by atoms with van der Waals surface area (Å²) in [4.78, 5) is 21.8. The van der Waals surface area contributed by atoms with E-state index in [2.05, 4.69) is 4.98 Å². The molecular formula is C20H19ClN4O3S. The van der Waals surface area contributed by atoms with E-state index < -0.39 is 10.6 Å². The number of benzene rings is 2. The van der Waals surface area contributed by atoms with Crippen molar-refractivity contribution in [2.24, 2.45) is 0 Å². The third-order valence-corrected chi connectivity index (χ3v) is 6.46. The zero-order valence-electron chi connectivity index (χ0n) is 15.6. The van der Waals surface area contributed by atoms with E-state index in [0.717, 1.165) is 16.9 Å². The van der Waals surface area contributed by atoms with Gasteiger partial charge in [-0.15, -0.1) is 11.8 Å². The number of non-ortho nitro benzene ring substituents is 1. The predicted octanol–water partition coefficient (Wildman–Crippen LogP) is 4.57. The summed E-state index contributed by atoms with van der Waals surface area (Å²) < 4.78 is 2.05. The molecule has 1 fully saturated rings. The Labute approximate surface area is 177 Å². The SMILES string of the molecule is CN1O[C@H](CSc2ccc([N+](=O)[O-])cc2)C[C@]1(c1ccc(Cl)cc1)n1ccnc1. The lowest BCUT2D eigenvalue weighted by molar-refractivity contribution is -0.384. The summed E-state index contributed by atoms with van der Waals surface area (Å²) in [6.07, 6.45) is 6.16. The van der Waals surface area contributed by atoms with E-state index >= 15 is 0 Å². The van der Waals surface area contributed by atoms with Gasteiger partial charge in [-0.1, -0.05) is 23.7 Å². The quantitative estimate of drug-likeness (QED) is 0.324. The number of nitrogens with zero attached hydrogens (tertiary/aromatic N) is 4. The maximum atomic E-state index is 10.8. The number of nitro benzene ring substituents is 1. The van der Waals surface area contributed by atoms with Crippen LogP contribution in [0, 0.1) is 10.1 Å². The Kier molecular flexibility index (Phi) is 5.60. The van der Waals surface area contributed by atoms with Crippen molar-refractivity contribution >= 4 is 29.1 Å². The number of nitro groups is 1. The van der Waals surface area contributed by atoms with E-state index in [-0.39, 0.29) is 11.8 Å². The smallest absolute Gasteiger partial charge is 0.269 e. The van der Waals surface area contributed by atoms with Crippen molar-refractivity contribution in [3.63, 3.8) is 0 Å². The van der Waals surface area contributed by atoms with Gasteiger partial charge in [-0.25, -0.2) is 4.98 Å². The van der Waals surface area contributed by atoms with Gasteiger partial charge in [-0.2, -0.15) is 5.06 Å². The van der Waals surface area contributed by atoms with Crippen molar-refractivity contribution in [2.45, 2.75) is 23.1 Å². The van der Waals surface area contributed by atoms with Crippen LogP contribution in [0.1, 0.15) is 12.0 Å². The van der Waals surface area contributed by atoms with E-state index in [1.807, 2.05) is 47.1 Å². The first-order valence-electron chi connectivity index (χ1n) is 9.01. The van der Waals surface area contributed by atoms with E-state index in [1.54, 1.807) is 36.4 Å². The molecule has 9 heteroatoms. The minimum absolute atomic E-state index is 0.0433. The van der Waals surface area contributed by atoms with Crippen LogP contribution in [0.4, 0.5) is 5.69 Å². The Morgan fingerprint density at radius 2 is 2.00 bits per heavy atom. The third-order valence-electron chi connectivity index (χ3n) is 5.06. The van der Waals surface area contributed by atoms with Crippen molar-refractivity contribution in [3.8, 4) is 0 Å². The van der Waals surface area contributed by atoms with Gasteiger partial charge in [-0.05, 0) is 29.8 Å². The molecule has 0 radical (unpaired) electrons. The molecular weight excluding hydrogens is 412 g/mol. The molecule has 4 rings (SSSR count). The number of rotatable bonds is 6. The normalized spacial score (nSPS) is 22.1.